The van der Waals surface area contributed by atoms with Crippen LogP contribution in [-0.4, -0.2) is 11.2 Å². The van der Waals surface area contributed by atoms with Crippen molar-refractivity contribution in [3.8, 4) is 11.5 Å². The minimum atomic E-state index is 0.596. The van der Waals surface area contributed by atoms with Gasteiger partial charge in [0.2, 0.25) is 5.89 Å². The molecule has 1 heterocycles. The number of hydrogen-bond donors (Lipinski definition) is 0. The highest BCUT2D eigenvalue weighted by atomic mass is 79.9. The van der Waals surface area contributed by atoms with Crippen LogP contribution in [0.15, 0.2) is 79.0 Å². The van der Waals surface area contributed by atoms with Gasteiger partial charge in [-0.1, -0.05) is 34.1 Å². The van der Waals surface area contributed by atoms with Crippen molar-refractivity contribution in [2.75, 3.05) is 0 Å². The second kappa shape index (κ2) is 7.17. The third kappa shape index (κ3) is 3.64. The molecule has 0 N–H and O–H groups in total. The molecular weight excluding hydrogens is 456 g/mol. The molecule has 1 aromatic heterocycles. The number of oxazole rings is 1. The fraction of sp³-hybridized carbons (Fsp3) is 0.0476. The Kier molecular flexibility index (Phi) is 4.74. The van der Waals surface area contributed by atoms with Crippen molar-refractivity contribution < 1.29 is 4.42 Å². The zero-order chi connectivity index (χ0) is 18.1. The van der Waals surface area contributed by atoms with Gasteiger partial charge in [0.05, 0.1) is 5.69 Å². The second-order valence-electron chi connectivity index (χ2n) is 5.97. The van der Waals surface area contributed by atoms with Crippen LogP contribution in [0.3, 0.4) is 0 Å². The van der Waals surface area contributed by atoms with E-state index < -0.39 is 0 Å². The summed E-state index contributed by atoms with van der Waals surface area (Å²) in [7, 11) is 0. The van der Waals surface area contributed by atoms with Crippen molar-refractivity contribution in [3.63, 3.8) is 0 Å². The van der Waals surface area contributed by atoms with E-state index >= 15 is 0 Å². The monoisotopic (exact) mass is 468 g/mol. The van der Waals surface area contributed by atoms with Gasteiger partial charge in [0.25, 0.3) is 0 Å². The molecule has 0 aliphatic rings. The van der Waals surface area contributed by atoms with E-state index in [-0.39, 0.29) is 0 Å². The van der Waals surface area contributed by atoms with Crippen LogP contribution >= 0.6 is 31.9 Å². The average Bonchev–Trinajstić information content (AvgIpc) is 3.05. The van der Waals surface area contributed by atoms with E-state index in [0.717, 1.165) is 42.4 Å². The molecule has 0 radical (unpaired) electrons. The van der Waals surface area contributed by atoms with Gasteiger partial charge in [-0.25, -0.2) is 4.98 Å². The molecular formula is C21H14Br2N2O. The Morgan fingerprint density at radius 2 is 1.77 bits per heavy atom. The minimum Gasteiger partial charge on any atom is -0.436 e. The summed E-state index contributed by atoms with van der Waals surface area (Å²) in [5.41, 5.74) is 5.56. The summed E-state index contributed by atoms with van der Waals surface area (Å²) in [6.07, 6.45) is 1.84. The van der Waals surface area contributed by atoms with E-state index in [9.17, 15) is 0 Å². The molecule has 0 unspecified atom stereocenters. The highest BCUT2D eigenvalue weighted by molar-refractivity contribution is 9.10. The van der Waals surface area contributed by atoms with Crippen LogP contribution in [0.4, 0.5) is 5.69 Å². The lowest BCUT2D eigenvalue weighted by Gasteiger charge is -2.01. The number of halogens is 2. The molecule has 5 heteroatoms. The molecule has 4 rings (SSSR count). The van der Waals surface area contributed by atoms with E-state index in [1.54, 1.807) is 0 Å². The summed E-state index contributed by atoms with van der Waals surface area (Å²) in [5.74, 6) is 0.596. The Morgan fingerprint density at radius 1 is 0.962 bits per heavy atom. The molecule has 3 aromatic carbocycles. The van der Waals surface area contributed by atoms with Crippen LogP contribution in [0, 0.1) is 6.92 Å². The van der Waals surface area contributed by atoms with Gasteiger partial charge >= 0.3 is 0 Å². The van der Waals surface area contributed by atoms with Crippen molar-refractivity contribution in [2.45, 2.75) is 6.92 Å². The van der Waals surface area contributed by atoms with Crippen molar-refractivity contribution in [2.24, 2.45) is 4.99 Å². The first kappa shape index (κ1) is 17.2. The Labute approximate surface area is 168 Å². The molecule has 26 heavy (non-hydrogen) atoms. The Balaban J connectivity index is 1.69. The zero-order valence-electron chi connectivity index (χ0n) is 13.9. The van der Waals surface area contributed by atoms with E-state index in [1.165, 1.54) is 0 Å². The Bertz CT molecular complexity index is 1110. The van der Waals surface area contributed by atoms with E-state index in [4.69, 9.17) is 4.42 Å². The highest BCUT2D eigenvalue weighted by Crippen LogP contribution is 2.32. The molecule has 3 nitrogen and oxygen atoms in total. The van der Waals surface area contributed by atoms with Crippen molar-refractivity contribution >= 4 is 54.9 Å². The molecule has 0 aliphatic carbocycles. The number of benzene rings is 3. The molecule has 0 bridgehead atoms. The number of aromatic nitrogens is 1. The molecule has 128 valence electrons. The number of aliphatic imine (C=N–C) groups is 1. The Hall–Kier alpha value is -2.24. The average molecular weight is 470 g/mol. The fourth-order valence-electron chi connectivity index (χ4n) is 2.60. The van der Waals surface area contributed by atoms with Gasteiger partial charge in [0, 0.05) is 20.7 Å². The SMILES string of the molecule is Cc1ccc2oc(-c3ccc(Br)c(N=Cc4ccc(Br)cc4)c3)nc2c1. The summed E-state index contributed by atoms with van der Waals surface area (Å²) in [6, 6.07) is 19.9. The quantitative estimate of drug-likeness (QED) is 0.300. The maximum Gasteiger partial charge on any atom is 0.227 e. The number of fused-ring (bicyclic) bond motifs is 1. The van der Waals surface area contributed by atoms with Gasteiger partial charge < -0.3 is 4.42 Å². The first-order valence-corrected chi connectivity index (χ1v) is 9.64. The van der Waals surface area contributed by atoms with E-state index in [1.807, 2.05) is 73.8 Å². The fourth-order valence-corrected chi connectivity index (χ4v) is 3.21. The highest BCUT2D eigenvalue weighted by Gasteiger charge is 2.10. The smallest absolute Gasteiger partial charge is 0.227 e. The first-order chi connectivity index (χ1) is 12.6. The van der Waals surface area contributed by atoms with Crippen molar-refractivity contribution in [1.29, 1.82) is 0 Å². The summed E-state index contributed by atoms with van der Waals surface area (Å²) < 4.78 is 7.86. The van der Waals surface area contributed by atoms with Crippen LogP contribution in [0.1, 0.15) is 11.1 Å². The number of nitrogens with zero attached hydrogens (tertiary/aromatic N) is 2. The van der Waals surface area contributed by atoms with Crippen LogP contribution in [0.25, 0.3) is 22.6 Å². The molecule has 0 saturated carbocycles. The van der Waals surface area contributed by atoms with Crippen LogP contribution in [0.5, 0.6) is 0 Å². The topological polar surface area (TPSA) is 38.4 Å². The molecule has 4 aromatic rings. The van der Waals surface area contributed by atoms with Crippen LogP contribution in [0.2, 0.25) is 0 Å². The predicted molar refractivity (Wildman–Crippen MR) is 113 cm³/mol. The van der Waals surface area contributed by atoms with Crippen molar-refractivity contribution in [1.82, 2.24) is 4.98 Å². The predicted octanol–water partition coefficient (Wildman–Crippen LogP) is 7.08. The first-order valence-electron chi connectivity index (χ1n) is 8.05. The van der Waals surface area contributed by atoms with Gasteiger partial charge in [-0.2, -0.15) is 0 Å². The van der Waals surface area contributed by atoms with E-state index in [0.29, 0.717) is 5.89 Å². The zero-order valence-corrected chi connectivity index (χ0v) is 17.1. The van der Waals surface area contributed by atoms with Crippen LogP contribution in [-0.2, 0) is 0 Å². The summed E-state index contributed by atoms with van der Waals surface area (Å²) in [6.45, 7) is 2.04. The number of aryl methyl sites for hydroxylation is 1. The van der Waals surface area contributed by atoms with Crippen molar-refractivity contribution in [3.05, 3.63) is 80.7 Å². The van der Waals surface area contributed by atoms with Gasteiger partial charge in [-0.3, -0.25) is 4.99 Å². The molecule has 0 amide bonds. The maximum atomic E-state index is 5.90. The van der Waals surface area contributed by atoms with Gasteiger partial charge in [0.15, 0.2) is 5.58 Å². The Morgan fingerprint density at radius 3 is 2.58 bits per heavy atom. The third-order valence-corrected chi connectivity index (χ3v) is 5.16. The van der Waals surface area contributed by atoms with Crippen LogP contribution < -0.4 is 0 Å². The molecule has 0 saturated heterocycles. The largest absolute Gasteiger partial charge is 0.436 e. The third-order valence-electron chi connectivity index (χ3n) is 3.96. The molecule has 0 fully saturated rings. The maximum absolute atomic E-state index is 5.90. The minimum absolute atomic E-state index is 0.596. The molecule has 0 aliphatic heterocycles. The normalized spacial score (nSPS) is 11.5. The summed E-state index contributed by atoms with van der Waals surface area (Å²) >= 11 is 7.00. The van der Waals surface area contributed by atoms with E-state index in [2.05, 4.69) is 41.8 Å². The number of rotatable bonds is 3. The standard InChI is InChI=1S/C21H14Br2N2O/c1-13-2-9-20-19(10-13)25-21(26-20)15-5-8-17(23)18(11-15)24-12-14-3-6-16(22)7-4-14/h2-12H,1H3. The number of hydrogen-bond acceptors (Lipinski definition) is 3. The lowest BCUT2D eigenvalue weighted by atomic mass is 10.2. The summed E-state index contributed by atoms with van der Waals surface area (Å²) in [4.78, 5) is 9.21. The summed E-state index contributed by atoms with van der Waals surface area (Å²) in [5, 5.41) is 0. The lowest BCUT2D eigenvalue weighted by molar-refractivity contribution is 0.620. The molecule has 0 spiro atoms. The second-order valence-corrected chi connectivity index (χ2v) is 7.74. The van der Waals surface area contributed by atoms with Gasteiger partial charge in [-0.15, -0.1) is 0 Å². The lowest BCUT2D eigenvalue weighted by Crippen LogP contribution is -1.81. The van der Waals surface area contributed by atoms with Gasteiger partial charge in [-0.05, 0) is 76.4 Å². The van der Waals surface area contributed by atoms with Gasteiger partial charge in [0.1, 0.15) is 5.52 Å². The molecule has 0 atom stereocenters.